The van der Waals surface area contributed by atoms with Gasteiger partial charge in [0.2, 0.25) is 17.6 Å². The van der Waals surface area contributed by atoms with Gasteiger partial charge >= 0.3 is 6.18 Å². The topological polar surface area (TPSA) is 73.9 Å². The summed E-state index contributed by atoms with van der Waals surface area (Å²) in [5.74, 6) is -3.69. The summed E-state index contributed by atoms with van der Waals surface area (Å²) in [4.78, 5) is 28.3. The number of halogens is 5. The molecule has 1 aromatic carbocycles. The van der Waals surface area contributed by atoms with Crippen LogP contribution in [0.4, 0.5) is 27.6 Å². The summed E-state index contributed by atoms with van der Waals surface area (Å²) in [7, 11) is 1.18. The molecule has 0 aromatic heterocycles. The quantitative estimate of drug-likeness (QED) is 0.606. The number of likely N-dealkylation sites (tertiary alicyclic amines) is 2. The molecule has 2 aliphatic heterocycles. The van der Waals surface area contributed by atoms with Crippen LogP contribution in [0.15, 0.2) is 12.1 Å². The molecule has 1 aromatic rings. The number of nitrogens with zero attached hydrogens (tertiary/aromatic N) is 2. The summed E-state index contributed by atoms with van der Waals surface area (Å²) in [6.45, 7) is 0.841. The van der Waals surface area contributed by atoms with E-state index >= 15 is 0 Å². The Bertz CT molecular complexity index is 921. The summed E-state index contributed by atoms with van der Waals surface area (Å²) in [5, 5.41) is 4.64. The Morgan fingerprint density at radius 3 is 2.19 bits per heavy atom. The molecule has 1 saturated carbocycles. The molecule has 2 atom stereocenters. The van der Waals surface area contributed by atoms with Crippen LogP contribution in [0.3, 0.4) is 0 Å². The lowest BCUT2D eigenvalue weighted by Crippen LogP contribution is -2.54. The minimum atomic E-state index is -4.45. The molecule has 0 spiro atoms. The van der Waals surface area contributed by atoms with Crippen LogP contribution in [0.1, 0.15) is 19.3 Å². The summed E-state index contributed by atoms with van der Waals surface area (Å²) < 4.78 is 70.9. The number of carbonyl (C=O) groups is 2. The Morgan fingerprint density at radius 1 is 1.09 bits per heavy atom. The van der Waals surface area contributed by atoms with Gasteiger partial charge < -0.3 is 15.4 Å². The summed E-state index contributed by atoms with van der Waals surface area (Å²) in [5.41, 5.74) is -2.01. The summed E-state index contributed by atoms with van der Waals surface area (Å²) in [6.07, 6.45) is -3.94. The third-order valence-electron chi connectivity index (χ3n) is 6.33. The first kappa shape index (κ1) is 22.7. The zero-order chi connectivity index (χ0) is 23.3. The summed E-state index contributed by atoms with van der Waals surface area (Å²) in [6, 6.07) is 1.98. The number of carbonyl (C=O) groups excluding carboxylic acids is 2. The number of nitrogens with one attached hydrogen (secondary N) is 2. The number of rotatable bonds is 7. The van der Waals surface area contributed by atoms with Crippen molar-refractivity contribution in [2.75, 3.05) is 38.6 Å². The number of hydrogen-bond acceptors (Lipinski definition) is 5. The fraction of sp³-hybridized carbons (Fsp3) is 0.600. The third-order valence-corrected chi connectivity index (χ3v) is 6.33. The first-order valence-electron chi connectivity index (χ1n) is 10.2. The van der Waals surface area contributed by atoms with Crippen LogP contribution in [-0.2, 0) is 9.59 Å². The lowest BCUT2D eigenvalue weighted by atomic mass is 10.2. The van der Waals surface area contributed by atoms with Crippen molar-refractivity contribution >= 4 is 17.5 Å². The van der Waals surface area contributed by atoms with Gasteiger partial charge in [-0.3, -0.25) is 19.4 Å². The summed E-state index contributed by atoms with van der Waals surface area (Å²) >= 11 is 0. The van der Waals surface area contributed by atoms with E-state index in [9.17, 15) is 31.5 Å². The molecule has 7 nitrogen and oxygen atoms in total. The van der Waals surface area contributed by atoms with E-state index < -0.39 is 35.2 Å². The number of piperazine rings is 1. The van der Waals surface area contributed by atoms with Gasteiger partial charge in [0.15, 0.2) is 11.6 Å². The lowest BCUT2D eigenvalue weighted by Gasteiger charge is -2.33. The van der Waals surface area contributed by atoms with Gasteiger partial charge in [0, 0.05) is 43.0 Å². The number of anilines is 1. The maximum absolute atomic E-state index is 13.6. The van der Waals surface area contributed by atoms with Crippen LogP contribution in [0.2, 0.25) is 0 Å². The molecule has 2 heterocycles. The highest BCUT2D eigenvalue weighted by Gasteiger charge is 2.64. The highest BCUT2D eigenvalue weighted by atomic mass is 19.4. The molecule has 1 aliphatic carbocycles. The van der Waals surface area contributed by atoms with Gasteiger partial charge in [-0.15, -0.1) is 0 Å². The number of methoxy groups -OCH3 is 1. The van der Waals surface area contributed by atoms with Crippen molar-refractivity contribution in [3.05, 3.63) is 23.8 Å². The Balaban J connectivity index is 1.27. The van der Waals surface area contributed by atoms with Crippen LogP contribution in [0, 0.1) is 11.6 Å². The minimum Gasteiger partial charge on any atom is -0.493 e. The number of alkyl halides is 3. The Labute approximate surface area is 180 Å². The molecule has 2 bridgehead atoms. The average molecular weight is 462 g/mol. The standard InChI is InChI=1S/C20H23F5N4O3/c1-32-15-5-11(4-14(21)18(15)22)26-16(30)9-28-7-13-6-12(28)8-29(13)10-17(31)27-19(2-3-19)20(23,24)25/h4-5,12-13H,2-3,6-10H2,1H3,(H,26,30)(H,27,31)/t12-,13-/m0/s1. The van der Waals surface area contributed by atoms with E-state index in [1.54, 1.807) is 0 Å². The molecular formula is C20H23F5N4O3. The molecule has 3 fully saturated rings. The second-order valence-corrected chi connectivity index (χ2v) is 8.55. The largest absolute Gasteiger partial charge is 0.493 e. The van der Waals surface area contributed by atoms with Crippen molar-refractivity contribution < 1.29 is 36.3 Å². The van der Waals surface area contributed by atoms with Gasteiger partial charge in [0.1, 0.15) is 5.54 Å². The average Bonchev–Trinajstić information content (AvgIpc) is 3.25. The van der Waals surface area contributed by atoms with Crippen molar-refractivity contribution in [2.45, 2.75) is 43.1 Å². The van der Waals surface area contributed by atoms with Crippen molar-refractivity contribution in [3.8, 4) is 5.75 Å². The minimum absolute atomic E-state index is 0.0136. The molecule has 32 heavy (non-hydrogen) atoms. The van der Waals surface area contributed by atoms with E-state index in [0.29, 0.717) is 19.5 Å². The van der Waals surface area contributed by atoms with Crippen LogP contribution < -0.4 is 15.4 Å². The van der Waals surface area contributed by atoms with Crippen molar-refractivity contribution in [1.29, 1.82) is 0 Å². The van der Waals surface area contributed by atoms with E-state index in [1.165, 1.54) is 13.2 Å². The van der Waals surface area contributed by atoms with E-state index in [4.69, 9.17) is 4.74 Å². The number of ether oxygens (including phenoxy) is 1. The normalized spacial score (nSPS) is 24.4. The highest BCUT2D eigenvalue weighted by Crippen LogP contribution is 2.48. The van der Waals surface area contributed by atoms with Gasteiger partial charge in [-0.1, -0.05) is 0 Å². The first-order valence-corrected chi connectivity index (χ1v) is 10.2. The number of fused-ring (bicyclic) bond motifs is 2. The number of hydrogen-bond donors (Lipinski definition) is 2. The molecule has 12 heteroatoms. The van der Waals surface area contributed by atoms with Crippen LogP contribution in [0.25, 0.3) is 0 Å². The van der Waals surface area contributed by atoms with Gasteiger partial charge in [0.25, 0.3) is 0 Å². The molecular weight excluding hydrogens is 439 g/mol. The zero-order valence-corrected chi connectivity index (χ0v) is 17.3. The number of benzene rings is 1. The fourth-order valence-corrected chi connectivity index (χ4v) is 4.48. The van der Waals surface area contributed by atoms with Gasteiger partial charge in [-0.2, -0.15) is 17.6 Å². The van der Waals surface area contributed by atoms with Gasteiger partial charge in [0.05, 0.1) is 20.2 Å². The Kier molecular flexibility index (Phi) is 5.78. The van der Waals surface area contributed by atoms with E-state index in [1.807, 2.05) is 9.80 Å². The smallest absolute Gasteiger partial charge is 0.411 e. The second-order valence-electron chi connectivity index (χ2n) is 8.55. The monoisotopic (exact) mass is 462 g/mol. The molecule has 3 aliphatic rings. The Hall–Kier alpha value is -2.47. The predicted octanol–water partition coefficient (Wildman–Crippen LogP) is 1.88. The van der Waals surface area contributed by atoms with Gasteiger partial charge in [-0.25, -0.2) is 4.39 Å². The van der Waals surface area contributed by atoms with Crippen LogP contribution in [0.5, 0.6) is 5.75 Å². The SMILES string of the molecule is COc1cc(NC(=O)CN2C[C@@H]3C[C@H]2CN3CC(=O)NC2(C(F)(F)F)CC2)cc(F)c1F. The lowest BCUT2D eigenvalue weighted by molar-refractivity contribution is -0.170. The second kappa shape index (κ2) is 8.14. The predicted molar refractivity (Wildman–Crippen MR) is 103 cm³/mol. The van der Waals surface area contributed by atoms with Crippen molar-refractivity contribution in [1.82, 2.24) is 15.1 Å². The van der Waals surface area contributed by atoms with Crippen LogP contribution in [-0.4, -0.2) is 78.7 Å². The first-order chi connectivity index (χ1) is 15.0. The Morgan fingerprint density at radius 2 is 1.69 bits per heavy atom. The molecule has 4 rings (SSSR count). The fourth-order valence-electron chi connectivity index (χ4n) is 4.48. The highest BCUT2D eigenvalue weighted by molar-refractivity contribution is 5.92. The molecule has 0 radical (unpaired) electrons. The maximum atomic E-state index is 13.6. The van der Waals surface area contributed by atoms with Crippen LogP contribution >= 0.6 is 0 Å². The molecule has 2 saturated heterocycles. The maximum Gasteiger partial charge on any atom is 0.411 e. The third kappa shape index (κ3) is 4.38. The van der Waals surface area contributed by atoms with Crippen molar-refractivity contribution in [2.24, 2.45) is 0 Å². The van der Waals surface area contributed by atoms with E-state index in [2.05, 4.69) is 10.6 Å². The van der Waals surface area contributed by atoms with E-state index in [0.717, 1.165) is 6.07 Å². The molecule has 176 valence electrons. The molecule has 2 amide bonds. The van der Waals surface area contributed by atoms with Gasteiger partial charge in [-0.05, 0) is 19.3 Å². The molecule has 0 unspecified atom stereocenters. The molecule has 2 N–H and O–H groups in total. The van der Waals surface area contributed by atoms with E-state index in [-0.39, 0.29) is 49.5 Å². The van der Waals surface area contributed by atoms with Crippen molar-refractivity contribution in [3.63, 3.8) is 0 Å². The zero-order valence-electron chi connectivity index (χ0n) is 17.3. The number of amides is 2.